The molecular weight excluding hydrogens is 428 g/mol. The van der Waals surface area contributed by atoms with Crippen LogP contribution >= 0.6 is 12.2 Å². The Morgan fingerprint density at radius 2 is 1.47 bits per heavy atom. The lowest BCUT2D eigenvalue weighted by Crippen LogP contribution is -2.48. The summed E-state index contributed by atoms with van der Waals surface area (Å²) in [6, 6.07) is 9.17. The summed E-state index contributed by atoms with van der Waals surface area (Å²) in [5.74, 6) is 0.973. The number of ether oxygens (including phenoxy) is 4. The molecule has 0 saturated heterocycles. The molecule has 0 spiro atoms. The first kappa shape index (κ1) is 23.4. The number of methoxy groups -OCH3 is 4. The van der Waals surface area contributed by atoms with E-state index in [1.54, 1.807) is 33.5 Å². The summed E-state index contributed by atoms with van der Waals surface area (Å²) >= 11 is 5.74. The molecule has 2 aromatic rings. The van der Waals surface area contributed by atoms with Crippen molar-refractivity contribution in [3.8, 4) is 17.2 Å². The van der Waals surface area contributed by atoms with Gasteiger partial charge in [0.05, 0.1) is 40.1 Å². The van der Waals surface area contributed by atoms with Crippen molar-refractivity contribution in [1.29, 1.82) is 0 Å². The Hall–Kier alpha value is -3.26. The van der Waals surface area contributed by atoms with Crippen molar-refractivity contribution in [3.63, 3.8) is 0 Å². The summed E-state index contributed by atoms with van der Waals surface area (Å²) in [5.41, 5.74) is 4.92. The molecule has 1 atom stereocenters. The van der Waals surface area contributed by atoms with E-state index >= 15 is 0 Å². The van der Waals surface area contributed by atoms with Crippen LogP contribution in [0, 0.1) is 13.8 Å². The number of carbonyl (C=O) groups excluding carboxylic acids is 1. The minimum Gasteiger partial charge on any atom is -0.493 e. The third-order valence-corrected chi connectivity index (χ3v) is 5.68. The molecule has 1 heterocycles. The zero-order valence-corrected chi connectivity index (χ0v) is 20.2. The number of thiocarbonyl (C=S) groups is 1. The molecule has 0 aromatic heterocycles. The van der Waals surface area contributed by atoms with E-state index in [1.807, 2.05) is 37.8 Å². The Kier molecular flexibility index (Phi) is 6.93. The quantitative estimate of drug-likeness (QED) is 0.512. The first-order valence-corrected chi connectivity index (χ1v) is 10.4. The average molecular weight is 457 g/mol. The number of aryl methyl sites for hydroxylation is 2. The molecule has 0 bridgehead atoms. The minimum atomic E-state index is -0.564. The highest BCUT2D eigenvalue weighted by molar-refractivity contribution is 7.80. The molecule has 170 valence electrons. The van der Waals surface area contributed by atoms with Crippen LogP contribution in [0.25, 0.3) is 0 Å². The molecule has 2 aromatic carbocycles. The SMILES string of the molecule is COC(=O)C1=C(C)N(c2cc(C)cc(C)c2)C(=S)N[C@@H]1c1cc(OC)c(OC)c(OC)c1. The van der Waals surface area contributed by atoms with Crippen LogP contribution in [0.3, 0.4) is 0 Å². The van der Waals surface area contributed by atoms with Crippen LogP contribution in [0.5, 0.6) is 17.2 Å². The predicted molar refractivity (Wildman–Crippen MR) is 128 cm³/mol. The highest BCUT2D eigenvalue weighted by Gasteiger charge is 2.36. The Morgan fingerprint density at radius 1 is 0.906 bits per heavy atom. The first-order valence-electron chi connectivity index (χ1n) is 10.0. The van der Waals surface area contributed by atoms with Gasteiger partial charge in [-0.05, 0) is 73.9 Å². The Bertz CT molecular complexity index is 1050. The van der Waals surface area contributed by atoms with Gasteiger partial charge in [0.15, 0.2) is 16.6 Å². The summed E-state index contributed by atoms with van der Waals surface area (Å²) in [6.07, 6.45) is 0. The molecule has 0 unspecified atom stereocenters. The van der Waals surface area contributed by atoms with Crippen LogP contribution in [0.1, 0.15) is 29.7 Å². The number of esters is 1. The Labute approximate surface area is 193 Å². The summed E-state index contributed by atoms with van der Waals surface area (Å²) < 4.78 is 21.6. The first-order chi connectivity index (χ1) is 15.2. The molecular formula is C24H28N2O5S. The average Bonchev–Trinajstić information content (AvgIpc) is 2.76. The fourth-order valence-corrected chi connectivity index (χ4v) is 4.39. The second kappa shape index (κ2) is 9.48. The number of benzene rings is 2. The molecule has 0 amide bonds. The van der Waals surface area contributed by atoms with Crippen molar-refractivity contribution in [2.24, 2.45) is 0 Å². The van der Waals surface area contributed by atoms with Crippen molar-refractivity contribution in [3.05, 3.63) is 58.3 Å². The number of nitrogens with one attached hydrogen (secondary N) is 1. The minimum absolute atomic E-state index is 0.439. The smallest absolute Gasteiger partial charge is 0.337 e. The van der Waals surface area contributed by atoms with E-state index in [2.05, 4.69) is 11.4 Å². The number of rotatable bonds is 6. The summed E-state index contributed by atoms with van der Waals surface area (Å²) in [6.45, 7) is 5.91. The maximum Gasteiger partial charge on any atom is 0.337 e. The van der Waals surface area contributed by atoms with E-state index < -0.39 is 12.0 Å². The van der Waals surface area contributed by atoms with Crippen LogP contribution in [0.2, 0.25) is 0 Å². The summed E-state index contributed by atoms with van der Waals surface area (Å²) in [4.78, 5) is 14.8. The van der Waals surface area contributed by atoms with Gasteiger partial charge in [-0.25, -0.2) is 4.79 Å². The third kappa shape index (κ3) is 4.23. The molecule has 0 saturated carbocycles. The number of nitrogens with zero attached hydrogens (tertiary/aromatic N) is 1. The monoisotopic (exact) mass is 456 g/mol. The number of allylic oxidation sites excluding steroid dienone is 1. The molecule has 0 fully saturated rings. The van der Waals surface area contributed by atoms with Crippen molar-refractivity contribution < 1.29 is 23.7 Å². The van der Waals surface area contributed by atoms with Gasteiger partial charge in [-0.15, -0.1) is 0 Å². The lowest BCUT2D eigenvalue weighted by Gasteiger charge is -2.37. The largest absolute Gasteiger partial charge is 0.493 e. The van der Waals surface area contributed by atoms with E-state index in [1.165, 1.54) is 7.11 Å². The standard InChI is InChI=1S/C24H28N2O5S/c1-13-8-14(2)10-17(9-13)26-15(3)20(23(27)31-7)21(25-24(26)32)16-11-18(28-4)22(30-6)19(12-16)29-5/h8-12,21H,1-7H3,(H,25,32)/t21-/m1/s1. The lowest BCUT2D eigenvalue weighted by atomic mass is 9.94. The summed E-state index contributed by atoms with van der Waals surface area (Å²) in [5, 5.41) is 3.77. The van der Waals surface area contributed by atoms with E-state index in [-0.39, 0.29) is 0 Å². The maximum absolute atomic E-state index is 12.9. The van der Waals surface area contributed by atoms with Crippen molar-refractivity contribution >= 4 is 29.0 Å². The predicted octanol–water partition coefficient (Wildman–Crippen LogP) is 4.21. The topological polar surface area (TPSA) is 69.3 Å². The molecule has 7 nitrogen and oxygen atoms in total. The van der Waals surface area contributed by atoms with Gasteiger partial charge < -0.3 is 24.3 Å². The number of carbonyl (C=O) groups is 1. The second-order valence-electron chi connectivity index (χ2n) is 7.51. The molecule has 0 aliphatic carbocycles. The van der Waals surface area contributed by atoms with Crippen LogP contribution in [0.4, 0.5) is 5.69 Å². The molecule has 32 heavy (non-hydrogen) atoms. The molecule has 8 heteroatoms. The van der Waals surface area contributed by atoms with Gasteiger partial charge in [-0.2, -0.15) is 0 Å². The highest BCUT2D eigenvalue weighted by atomic mass is 32.1. The van der Waals surface area contributed by atoms with Crippen LogP contribution in [-0.2, 0) is 9.53 Å². The van der Waals surface area contributed by atoms with E-state index in [9.17, 15) is 4.79 Å². The zero-order chi connectivity index (χ0) is 23.6. The number of anilines is 1. The van der Waals surface area contributed by atoms with Gasteiger partial charge in [0.25, 0.3) is 0 Å². The van der Waals surface area contributed by atoms with E-state index in [0.717, 1.165) is 22.4 Å². The van der Waals surface area contributed by atoms with Gasteiger partial charge in [0.2, 0.25) is 5.75 Å². The van der Waals surface area contributed by atoms with Crippen molar-refractivity contribution in [2.75, 3.05) is 33.3 Å². The maximum atomic E-state index is 12.9. The summed E-state index contributed by atoms with van der Waals surface area (Å²) in [7, 11) is 6.00. The lowest BCUT2D eigenvalue weighted by molar-refractivity contribution is -0.136. The molecule has 0 radical (unpaired) electrons. The van der Waals surface area contributed by atoms with Crippen LogP contribution in [0.15, 0.2) is 41.6 Å². The fraction of sp³-hybridized carbons (Fsp3) is 0.333. The Balaban J connectivity index is 2.21. The highest BCUT2D eigenvalue weighted by Crippen LogP contribution is 2.42. The van der Waals surface area contributed by atoms with Gasteiger partial charge >= 0.3 is 5.97 Å². The number of hydrogen-bond acceptors (Lipinski definition) is 6. The zero-order valence-electron chi connectivity index (χ0n) is 19.4. The van der Waals surface area contributed by atoms with E-state index in [0.29, 0.717) is 33.6 Å². The number of hydrogen-bond donors (Lipinski definition) is 1. The van der Waals surface area contributed by atoms with Crippen molar-refractivity contribution in [2.45, 2.75) is 26.8 Å². The molecule has 3 rings (SSSR count). The van der Waals surface area contributed by atoms with Gasteiger partial charge in [-0.3, -0.25) is 4.90 Å². The molecule has 1 aliphatic heterocycles. The van der Waals surface area contributed by atoms with Crippen LogP contribution < -0.4 is 24.4 Å². The van der Waals surface area contributed by atoms with Crippen molar-refractivity contribution in [1.82, 2.24) is 5.32 Å². The Morgan fingerprint density at radius 3 is 1.94 bits per heavy atom. The van der Waals surface area contributed by atoms with Gasteiger partial charge in [-0.1, -0.05) is 6.07 Å². The molecule has 1 aliphatic rings. The third-order valence-electron chi connectivity index (χ3n) is 5.38. The normalized spacial score (nSPS) is 15.9. The second-order valence-corrected chi connectivity index (χ2v) is 7.90. The van der Waals surface area contributed by atoms with Crippen LogP contribution in [-0.4, -0.2) is 39.5 Å². The van der Waals surface area contributed by atoms with Gasteiger partial charge in [0.1, 0.15) is 0 Å². The van der Waals surface area contributed by atoms with Gasteiger partial charge in [0, 0.05) is 11.4 Å². The fourth-order valence-electron chi connectivity index (χ4n) is 4.03. The molecule has 1 N–H and O–H groups in total. The van der Waals surface area contributed by atoms with E-state index in [4.69, 9.17) is 31.2 Å².